The van der Waals surface area contributed by atoms with E-state index in [-0.39, 0.29) is 6.10 Å². The Morgan fingerprint density at radius 2 is 1.93 bits per heavy atom. The molecule has 1 aromatic rings. The maximum atomic E-state index is 9.31. The van der Waals surface area contributed by atoms with Gasteiger partial charge in [-0.1, -0.05) is 18.2 Å². The molecule has 0 aliphatic heterocycles. The highest BCUT2D eigenvalue weighted by molar-refractivity contribution is 7.98. The number of rotatable bonds is 3. The lowest BCUT2D eigenvalue weighted by atomic mass is 10.1. The van der Waals surface area contributed by atoms with Crippen LogP contribution < -0.4 is 0 Å². The van der Waals surface area contributed by atoms with Gasteiger partial charge in [0.1, 0.15) is 0 Å². The van der Waals surface area contributed by atoms with Crippen LogP contribution in [0.4, 0.5) is 0 Å². The van der Waals surface area contributed by atoms with Gasteiger partial charge in [-0.3, -0.25) is 0 Å². The summed E-state index contributed by atoms with van der Waals surface area (Å²) in [7, 11) is 0. The van der Waals surface area contributed by atoms with Crippen LogP contribution in [0.2, 0.25) is 0 Å². The fourth-order valence-electron chi connectivity index (χ4n) is 1.08. The maximum Gasteiger partial charge on any atom is 0.0722 e. The Labute approximate surface area is 89.8 Å². The first-order valence-corrected chi connectivity index (χ1v) is 5.86. The van der Waals surface area contributed by atoms with Crippen LogP contribution in [0.15, 0.2) is 34.7 Å². The summed E-state index contributed by atoms with van der Waals surface area (Å²) in [5.74, 6) is 0. The topological polar surface area (TPSA) is 20.2 Å². The molecule has 0 heterocycles. The average Bonchev–Trinajstić information content (AvgIpc) is 2.19. The predicted octanol–water partition coefficient (Wildman–Crippen LogP) is 3.19. The molecule has 1 atom stereocenters. The van der Waals surface area contributed by atoms with Gasteiger partial charge in [0.15, 0.2) is 0 Å². The molecule has 1 unspecified atom stereocenters. The smallest absolute Gasteiger partial charge is 0.0722 e. The molecule has 1 nitrogen and oxygen atoms in total. The zero-order chi connectivity index (χ0) is 10.6. The largest absolute Gasteiger partial charge is 0.389 e. The van der Waals surface area contributed by atoms with Gasteiger partial charge in [0.2, 0.25) is 0 Å². The Kier molecular flexibility index (Phi) is 4.23. The van der Waals surface area contributed by atoms with E-state index >= 15 is 0 Å². The average molecular weight is 208 g/mol. The van der Waals surface area contributed by atoms with Crippen molar-refractivity contribution in [3.05, 3.63) is 35.4 Å². The van der Waals surface area contributed by atoms with Gasteiger partial charge in [0, 0.05) is 4.90 Å². The molecule has 0 aromatic heterocycles. The molecule has 0 fully saturated rings. The number of thioether (sulfide) groups is 1. The first kappa shape index (κ1) is 11.3. The van der Waals surface area contributed by atoms with Crippen molar-refractivity contribution in [2.75, 3.05) is 6.26 Å². The summed E-state index contributed by atoms with van der Waals surface area (Å²) in [5, 5.41) is 9.31. The lowest BCUT2D eigenvalue weighted by Crippen LogP contribution is -2.00. The van der Waals surface area contributed by atoms with Crippen LogP contribution in [0, 0.1) is 0 Å². The van der Waals surface area contributed by atoms with Crippen molar-refractivity contribution in [2.45, 2.75) is 24.8 Å². The number of hydrogen-bond acceptors (Lipinski definition) is 2. The molecule has 76 valence electrons. The van der Waals surface area contributed by atoms with Crippen molar-refractivity contribution in [1.29, 1.82) is 0 Å². The lowest BCUT2D eigenvalue weighted by molar-refractivity contribution is 0.232. The van der Waals surface area contributed by atoms with Crippen molar-refractivity contribution in [3.63, 3.8) is 0 Å². The molecule has 2 heteroatoms. The van der Waals surface area contributed by atoms with E-state index in [0.29, 0.717) is 0 Å². The van der Waals surface area contributed by atoms with E-state index < -0.39 is 0 Å². The minimum absolute atomic E-state index is 0.366. The Morgan fingerprint density at radius 1 is 1.36 bits per heavy atom. The van der Waals surface area contributed by atoms with E-state index in [4.69, 9.17) is 0 Å². The summed E-state index contributed by atoms with van der Waals surface area (Å²) in [4.78, 5) is 1.26. The Bertz CT molecular complexity index is 312. The first-order valence-electron chi connectivity index (χ1n) is 4.64. The molecule has 0 spiro atoms. The molecular formula is C12H16OS. The summed E-state index contributed by atoms with van der Waals surface area (Å²) in [6, 6.07) is 8.31. The van der Waals surface area contributed by atoms with E-state index in [1.807, 2.05) is 13.0 Å². The highest BCUT2D eigenvalue weighted by Crippen LogP contribution is 2.16. The number of aliphatic hydroxyl groups excluding tert-OH is 1. The van der Waals surface area contributed by atoms with Gasteiger partial charge in [-0.2, -0.15) is 0 Å². The summed E-state index contributed by atoms with van der Waals surface area (Å²) >= 11 is 1.73. The van der Waals surface area contributed by atoms with Crippen molar-refractivity contribution in [1.82, 2.24) is 0 Å². The van der Waals surface area contributed by atoms with Crippen molar-refractivity contribution in [2.24, 2.45) is 0 Å². The van der Waals surface area contributed by atoms with E-state index in [2.05, 4.69) is 30.5 Å². The van der Waals surface area contributed by atoms with Crippen LogP contribution in [0.3, 0.4) is 0 Å². The van der Waals surface area contributed by atoms with Gasteiger partial charge in [0.25, 0.3) is 0 Å². The second-order valence-corrected chi connectivity index (χ2v) is 4.22. The van der Waals surface area contributed by atoms with Gasteiger partial charge in [-0.05, 0) is 43.4 Å². The second kappa shape index (κ2) is 5.23. The SMILES string of the molecule is CSc1ccc(/C=C(/C)C(C)O)cc1. The summed E-state index contributed by atoms with van der Waals surface area (Å²) < 4.78 is 0. The molecule has 0 bridgehead atoms. The molecule has 0 aliphatic carbocycles. The zero-order valence-corrected chi connectivity index (χ0v) is 9.64. The van der Waals surface area contributed by atoms with Crippen LogP contribution in [0.5, 0.6) is 0 Å². The van der Waals surface area contributed by atoms with Gasteiger partial charge >= 0.3 is 0 Å². The zero-order valence-electron chi connectivity index (χ0n) is 8.82. The molecule has 1 rings (SSSR count). The van der Waals surface area contributed by atoms with Gasteiger partial charge in [-0.25, -0.2) is 0 Å². The van der Waals surface area contributed by atoms with E-state index in [9.17, 15) is 5.11 Å². The minimum atomic E-state index is -0.366. The number of hydrogen-bond donors (Lipinski definition) is 1. The second-order valence-electron chi connectivity index (χ2n) is 3.34. The molecule has 0 radical (unpaired) electrons. The van der Waals surface area contributed by atoms with E-state index in [1.165, 1.54) is 4.90 Å². The van der Waals surface area contributed by atoms with Crippen LogP contribution in [-0.2, 0) is 0 Å². The molecule has 0 aliphatic rings. The standard InChI is InChI=1S/C12H16OS/c1-9(10(2)13)8-11-4-6-12(14-3)7-5-11/h4-8,10,13H,1-3H3/b9-8-. The monoisotopic (exact) mass is 208 g/mol. The van der Waals surface area contributed by atoms with Crippen LogP contribution in [0.1, 0.15) is 19.4 Å². The lowest BCUT2D eigenvalue weighted by Gasteiger charge is -2.04. The fraction of sp³-hybridized carbons (Fsp3) is 0.333. The van der Waals surface area contributed by atoms with E-state index in [0.717, 1.165) is 11.1 Å². The number of aliphatic hydroxyl groups is 1. The number of benzene rings is 1. The Hall–Kier alpha value is -0.730. The normalized spacial score (nSPS) is 14.1. The first-order chi connectivity index (χ1) is 6.63. The highest BCUT2D eigenvalue weighted by Gasteiger charge is 1.98. The quantitative estimate of drug-likeness (QED) is 0.770. The molecule has 14 heavy (non-hydrogen) atoms. The summed E-state index contributed by atoms with van der Waals surface area (Å²) in [6.07, 6.45) is 3.70. The fourth-order valence-corrected chi connectivity index (χ4v) is 1.49. The van der Waals surface area contributed by atoms with Crippen molar-refractivity contribution >= 4 is 17.8 Å². The summed E-state index contributed by atoms with van der Waals surface area (Å²) in [6.45, 7) is 3.72. The Balaban J connectivity index is 2.83. The van der Waals surface area contributed by atoms with Crippen molar-refractivity contribution in [3.8, 4) is 0 Å². The summed E-state index contributed by atoms with van der Waals surface area (Å²) in [5.41, 5.74) is 2.13. The van der Waals surface area contributed by atoms with Crippen LogP contribution in [-0.4, -0.2) is 17.5 Å². The molecule has 1 aromatic carbocycles. The molecular weight excluding hydrogens is 192 g/mol. The van der Waals surface area contributed by atoms with Gasteiger partial charge in [0.05, 0.1) is 6.10 Å². The highest BCUT2D eigenvalue weighted by atomic mass is 32.2. The third kappa shape index (κ3) is 3.20. The molecule has 0 amide bonds. The predicted molar refractivity (Wildman–Crippen MR) is 63.6 cm³/mol. The van der Waals surface area contributed by atoms with Gasteiger partial charge in [-0.15, -0.1) is 11.8 Å². The van der Waals surface area contributed by atoms with E-state index in [1.54, 1.807) is 18.7 Å². The molecule has 1 N–H and O–H groups in total. The third-order valence-corrected chi connectivity index (χ3v) is 2.91. The van der Waals surface area contributed by atoms with Crippen molar-refractivity contribution < 1.29 is 5.11 Å². The van der Waals surface area contributed by atoms with Gasteiger partial charge < -0.3 is 5.11 Å². The minimum Gasteiger partial charge on any atom is -0.389 e. The molecule has 0 saturated carbocycles. The maximum absolute atomic E-state index is 9.31. The Morgan fingerprint density at radius 3 is 2.36 bits per heavy atom. The molecule has 0 saturated heterocycles. The van der Waals surface area contributed by atoms with Crippen LogP contribution in [0.25, 0.3) is 6.08 Å². The third-order valence-electron chi connectivity index (χ3n) is 2.17. The van der Waals surface area contributed by atoms with Crippen LogP contribution >= 0.6 is 11.8 Å².